The Morgan fingerprint density at radius 3 is 2.97 bits per heavy atom. The first-order valence-corrected chi connectivity index (χ1v) is 12.8. The minimum Gasteiger partial charge on any atom is -0.373 e. The van der Waals surface area contributed by atoms with Crippen molar-refractivity contribution in [1.29, 1.82) is 0 Å². The number of thioether (sulfide) groups is 1. The van der Waals surface area contributed by atoms with Crippen LogP contribution >= 0.6 is 11.8 Å². The number of halogens is 1. The van der Waals surface area contributed by atoms with Crippen LogP contribution in [-0.2, 0) is 17.8 Å². The molecule has 0 N–H and O–H groups in total. The van der Waals surface area contributed by atoms with Gasteiger partial charge in [-0.2, -0.15) is 0 Å². The van der Waals surface area contributed by atoms with Gasteiger partial charge in [0.2, 0.25) is 0 Å². The van der Waals surface area contributed by atoms with Gasteiger partial charge in [0, 0.05) is 49.5 Å². The van der Waals surface area contributed by atoms with Gasteiger partial charge < -0.3 is 4.74 Å². The molecule has 6 nitrogen and oxygen atoms in total. The highest BCUT2D eigenvalue weighted by molar-refractivity contribution is 7.99. The molecule has 0 saturated carbocycles. The number of ether oxygens (including phenoxy) is 1. The van der Waals surface area contributed by atoms with E-state index < -0.39 is 0 Å². The molecule has 4 rings (SSSR count). The Labute approximate surface area is 188 Å². The van der Waals surface area contributed by atoms with Crippen LogP contribution in [0.1, 0.15) is 58.8 Å². The van der Waals surface area contributed by atoms with Gasteiger partial charge in [0.1, 0.15) is 5.83 Å². The van der Waals surface area contributed by atoms with E-state index in [9.17, 15) is 9.18 Å². The molecular formula is C23H35FN4O2S. The van der Waals surface area contributed by atoms with Crippen LogP contribution in [0, 0.1) is 0 Å². The van der Waals surface area contributed by atoms with Crippen molar-refractivity contribution in [2.24, 2.45) is 0 Å². The molecule has 1 saturated heterocycles. The van der Waals surface area contributed by atoms with Gasteiger partial charge in [0.05, 0.1) is 12.7 Å². The standard InChI is InChI=1S/C23H35FN4O2S/c1-3-7-19-15-20(30-16-18-8-4-5-9-21(18)24)14-17(2)26(19)10-6-11-28-23(29)27-12-13-31-22(27)25-28/h4,8,17,19-20H,3,5-7,9-16H2,1-2H3. The zero-order valence-electron chi connectivity index (χ0n) is 18.8. The topological polar surface area (TPSA) is 52.3 Å². The summed E-state index contributed by atoms with van der Waals surface area (Å²) in [5.41, 5.74) is 0.743. The van der Waals surface area contributed by atoms with Gasteiger partial charge in [-0.05, 0) is 39.0 Å². The smallest absolute Gasteiger partial charge is 0.346 e. The van der Waals surface area contributed by atoms with Crippen LogP contribution in [0.2, 0.25) is 0 Å². The van der Waals surface area contributed by atoms with E-state index in [2.05, 4.69) is 23.8 Å². The maximum Gasteiger partial charge on any atom is 0.346 e. The second-order valence-corrected chi connectivity index (χ2v) is 10.0. The zero-order chi connectivity index (χ0) is 21.8. The number of likely N-dealkylation sites (tertiary alicyclic amines) is 1. The fraction of sp³-hybridized carbons (Fsp3) is 0.739. The number of piperidine rings is 1. The number of aryl methyl sites for hydroxylation is 1. The average Bonchev–Trinajstić information content (AvgIpc) is 3.32. The van der Waals surface area contributed by atoms with Crippen molar-refractivity contribution in [1.82, 2.24) is 19.2 Å². The third kappa shape index (κ3) is 5.34. The Hall–Kier alpha value is -1.38. The van der Waals surface area contributed by atoms with Gasteiger partial charge in [-0.25, -0.2) is 13.9 Å². The molecule has 0 amide bonds. The van der Waals surface area contributed by atoms with Crippen LogP contribution in [0.5, 0.6) is 0 Å². The van der Waals surface area contributed by atoms with Crippen LogP contribution < -0.4 is 5.69 Å². The van der Waals surface area contributed by atoms with Crippen molar-refractivity contribution < 1.29 is 9.13 Å². The molecule has 1 aromatic rings. The number of nitrogens with zero attached hydrogens (tertiary/aromatic N) is 4. The van der Waals surface area contributed by atoms with Crippen molar-refractivity contribution in [3.8, 4) is 0 Å². The summed E-state index contributed by atoms with van der Waals surface area (Å²) in [6.07, 6.45) is 10.5. The Morgan fingerprint density at radius 2 is 2.19 bits per heavy atom. The summed E-state index contributed by atoms with van der Waals surface area (Å²) in [7, 11) is 0. The van der Waals surface area contributed by atoms with E-state index in [1.807, 2.05) is 12.2 Å². The summed E-state index contributed by atoms with van der Waals surface area (Å²) in [5.74, 6) is 0.934. The number of fused-ring (bicyclic) bond motifs is 1. The molecule has 3 heterocycles. The lowest BCUT2D eigenvalue weighted by molar-refractivity contribution is -0.0334. The highest BCUT2D eigenvalue weighted by atomic mass is 32.2. The van der Waals surface area contributed by atoms with Gasteiger partial charge in [-0.1, -0.05) is 37.3 Å². The molecule has 1 aliphatic carbocycles. The van der Waals surface area contributed by atoms with E-state index in [1.165, 1.54) is 0 Å². The van der Waals surface area contributed by atoms with Crippen molar-refractivity contribution >= 4 is 11.8 Å². The lowest BCUT2D eigenvalue weighted by atomic mass is 9.91. The van der Waals surface area contributed by atoms with E-state index in [0.717, 1.165) is 62.5 Å². The Kier molecular flexibility index (Phi) is 7.72. The van der Waals surface area contributed by atoms with Gasteiger partial charge in [-0.3, -0.25) is 9.47 Å². The molecule has 0 aromatic carbocycles. The van der Waals surface area contributed by atoms with Crippen molar-refractivity contribution in [3.63, 3.8) is 0 Å². The summed E-state index contributed by atoms with van der Waals surface area (Å²) in [5, 5.41) is 5.35. The van der Waals surface area contributed by atoms with E-state index in [-0.39, 0.29) is 17.6 Å². The van der Waals surface area contributed by atoms with Crippen LogP contribution in [0.4, 0.5) is 4.39 Å². The normalized spacial score (nSPS) is 26.6. The molecule has 1 aromatic heterocycles. The van der Waals surface area contributed by atoms with E-state index in [4.69, 9.17) is 4.74 Å². The summed E-state index contributed by atoms with van der Waals surface area (Å²) >= 11 is 1.66. The molecule has 0 bridgehead atoms. The number of hydrogen-bond acceptors (Lipinski definition) is 5. The van der Waals surface area contributed by atoms with Gasteiger partial charge in [0.25, 0.3) is 0 Å². The van der Waals surface area contributed by atoms with Crippen LogP contribution in [-0.4, -0.2) is 56.3 Å². The molecule has 0 radical (unpaired) electrons. The van der Waals surface area contributed by atoms with Crippen molar-refractivity contribution in [2.75, 3.05) is 18.9 Å². The molecule has 1 fully saturated rings. The predicted molar refractivity (Wildman–Crippen MR) is 122 cm³/mol. The number of rotatable bonds is 9. The quantitative estimate of drug-likeness (QED) is 0.566. The zero-order valence-corrected chi connectivity index (χ0v) is 19.6. The highest BCUT2D eigenvalue weighted by Crippen LogP contribution is 2.29. The number of allylic oxidation sites excluding steroid dienone is 2. The fourth-order valence-corrected chi connectivity index (χ4v) is 6.02. The summed E-state index contributed by atoms with van der Waals surface area (Å²) < 4.78 is 23.6. The molecule has 3 aliphatic rings. The molecule has 31 heavy (non-hydrogen) atoms. The molecular weight excluding hydrogens is 415 g/mol. The fourth-order valence-electron chi connectivity index (χ4n) is 5.08. The Bertz CT molecular complexity index is 877. The molecule has 8 heteroatoms. The maximum absolute atomic E-state index is 14.0. The van der Waals surface area contributed by atoms with Crippen molar-refractivity contribution in [2.45, 2.75) is 95.2 Å². The van der Waals surface area contributed by atoms with Crippen LogP contribution in [0.25, 0.3) is 0 Å². The second-order valence-electron chi connectivity index (χ2n) is 8.95. The lowest BCUT2D eigenvalue weighted by Crippen LogP contribution is -2.50. The van der Waals surface area contributed by atoms with Crippen LogP contribution in [0.15, 0.2) is 33.5 Å². The predicted octanol–water partition coefficient (Wildman–Crippen LogP) is 4.15. The maximum atomic E-state index is 14.0. The summed E-state index contributed by atoms with van der Waals surface area (Å²) in [4.78, 5) is 15.0. The van der Waals surface area contributed by atoms with E-state index >= 15 is 0 Å². The average molecular weight is 451 g/mol. The Morgan fingerprint density at radius 1 is 1.32 bits per heavy atom. The van der Waals surface area contributed by atoms with Crippen molar-refractivity contribution in [3.05, 3.63) is 34.0 Å². The minimum atomic E-state index is -0.0167. The molecule has 2 aliphatic heterocycles. The molecule has 3 unspecified atom stereocenters. The summed E-state index contributed by atoms with van der Waals surface area (Å²) in [6, 6.07) is 0.883. The molecule has 172 valence electrons. The number of aromatic nitrogens is 3. The first kappa shape index (κ1) is 22.8. The lowest BCUT2D eigenvalue weighted by Gasteiger charge is -2.44. The van der Waals surface area contributed by atoms with Crippen LogP contribution in [0.3, 0.4) is 0 Å². The van der Waals surface area contributed by atoms with Gasteiger partial charge in [-0.15, -0.1) is 5.10 Å². The van der Waals surface area contributed by atoms with Gasteiger partial charge >= 0.3 is 5.69 Å². The first-order chi connectivity index (χ1) is 15.1. The molecule has 0 spiro atoms. The second kappa shape index (κ2) is 10.5. The third-order valence-electron chi connectivity index (χ3n) is 6.69. The SMILES string of the molecule is CCCC1CC(OCC2=C(F)CCC=C2)CC(C)N1CCCn1nc2n(c1=O)CCS2. The highest BCUT2D eigenvalue weighted by Gasteiger charge is 2.33. The van der Waals surface area contributed by atoms with E-state index in [1.54, 1.807) is 21.0 Å². The number of hydrogen-bond donors (Lipinski definition) is 0. The largest absolute Gasteiger partial charge is 0.373 e. The molecule has 3 atom stereocenters. The monoisotopic (exact) mass is 450 g/mol. The van der Waals surface area contributed by atoms with Gasteiger partial charge in [0.15, 0.2) is 5.16 Å². The minimum absolute atomic E-state index is 0.0167. The Balaban J connectivity index is 1.30. The third-order valence-corrected chi connectivity index (χ3v) is 7.64. The summed E-state index contributed by atoms with van der Waals surface area (Å²) in [6.45, 7) is 7.28. The van der Waals surface area contributed by atoms with E-state index in [0.29, 0.717) is 37.2 Å². The first-order valence-electron chi connectivity index (χ1n) is 11.8.